The Morgan fingerprint density at radius 1 is 1.09 bits per heavy atom. The van der Waals surface area contributed by atoms with Gasteiger partial charge in [-0.2, -0.15) is 0 Å². The van der Waals surface area contributed by atoms with E-state index < -0.39 is 0 Å². The summed E-state index contributed by atoms with van der Waals surface area (Å²) in [5.74, 6) is 2.61. The minimum Gasteiger partial charge on any atom is -0.493 e. The second-order valence-electron chi connectivity index (χ2n) is 10.5. The van der Waals surface area contributed by atoms with Crippen LogP contribution in [0.4, 0.5) is 0 Å². The van der Waals surface area contributed by atoms with Crippen molar-refractivity contribution in [2.24, 2.45) is 16.8 Å². The summed E-state index contributed by atoms with van der Waals surface area (Å²) in [4.78, 5) is 14.2. The molecule has 34 heavy (non-hydrogen) atoms. The van der Waals surface area contributed by atoms with Crippen LogP contribution < -0.4 is 4.74 Å². The Kier molecular flexibility index (Phi) is 7.52. The molecule has 0 bridgehead atoms. The molecule has 1 saturated heterocycles. The number of ether oxygens (including phenoxy) is 1. The highest BCUT2D eigenvalue weighted by molar-refractivity contribution is 6.30. The maximum absolute atomic E-state index is 6.24. The van der Waals surface area contributed by atoms with Gasteiger partial charge in [-0.3, -0.25) is 14.9 Å². The van der Waals surface area contributed by atoms with Crippen LogP contribution in [0.5, 0.6) is 5.75 Å². The second-order valence-corrected chi connectivity index (χ2v) is 11.0. The molecule has 5 rings (SSSR count). The number of hydrogen-bond donors (Lipinski definition) is 0. The van der Waals surface area contributed by atoms with Gasteiger partial charge in [0.05, 0.1) is 18.8 Å². The first-order valence-corrected chi connectivity index (χ1v) is 13.2. The van der Waals surface area contributed by atoms with Crippen LogP contribution >= 0.6 is 11.6 Å². The quantitative estimate of drug-likeness (QED) is 0.445. The molecular weight excluding hydrogens is 444 g/mol. The van der Waals surface area contributed by atoms with Gasteiger partial charge < -0.3 is 9.64 Å². The van der Waals surface area contributed by atoms with Gasteiger partial charge in [0.15, 0.2) is 0 Å². The van der Waals surface area contributed by atoms with Gasteiger partial charge in [-0.25, -0.2) is 0 Å². The van der Waals surface area contributed by atoms with Gasteiger partial charge in [0.2, 0.25) is 0 Å². The van der Waals surface area contributed by atoms with Gasteiger partial charge >= 0.3 is 0 Å². The highest BCUT2D eigenvalue weighted by Gasteiger charge is 2.26. The number of fused-ring (bicyclic) bond motifs is 1. The molecule has 0 N–H and O–H groups in total. The molecule has 1 aromatic carbocycles. The molecule has 6 heteroatoms. The second kappa shape index (κ2) is 10.8. The Hall–Kier alpha value is -1.95. The van der Waals surface area contributed by atoms with E-state index in [1.54, 1.807) is 6.20 Å². The summed E-state index contributed by atoms with van der Waals surface area (Å²) in [7, 11) is 4.27. The molecule has 2 fully saturated rings. The summed E-state index contributed by atoms with van der Waals surface area (Å²) >= 11 is 6.12. The summed E-state index contributed by atoms with van der Waals surface area (Å²) in [6.45, 7) is 5.74. The van der Waals surface area contributed by atoms with Crippen LogP contribution in [-0.4, -0.2) is 54.3 Å². The van der Waals surface area contributed by atoms with Crippen LogP contribution in [0.25, 0.3) is 0 Å². The van der Waals surface area contributed by atoms with Crippen LogP contribution in [0, 0.1) is 11.8 Å². The van der Waals surface area contributed by atoms with Gasteiger partial charge in [0.1, 0.15) is 5.75 Å². The molecule has 3 heterocycles. The Morgan fingerprint density at radius 2 is 1.91 bits per heavy atom. The van der Waals surface area contributed by atoms with Gasteiger partial charge in [0, 0.05) is 41.1 Å². The zero-order valence-electron chi connectivity index (χ0n) is 20.6. The molecule has 2 aromatic rings. The van der Waals surface area contributed by atoms with Crippen molar-refractivity contribution in [3.63, 3.8) is 0 Å². The van der Waals surface area contributed by atoms with Crippen molar-refractivity contribution < 1.29 is 4.74 Å². The highest BCUT2D eigenvalue weighted by atomic mass is 35.5. The van der Waals surface area contributed by atoms with E-state index in [2.05, 4.69) is 41.0 Å². The van der Waals surface area contributed by atoms with Crippen LogP contribution in [0.1, 0.15) is 60.9 Å². The maximum atomic E-state index is 6.24. The third-order valence-corrected chi connectivity index (χ3v) is 7.67. The monoisotopic (exact) mass is 480 g/mol. The molecule has 3 aliphatic rings. The van der Waals surface area contributed by atoms with Gasteiger partial charge in [0.25, 0.3) is 0 Å². The van der Waals surface area contributed by atoms with E-state index in [4.69, 9.17) is 21.3 Å². The number of aliphatic imine (C=N–C) groups is 1. The Balaban J connectivity index is 1.15. The lowest BCUT2D eigenvalue weighted by atomic mass is 9.89. The fraction of sp³-hybridized carbons (Fsp3) is 0.571. The minimum atomic E-state index is 0.764. The molecule has 0 atom stereocenters. The fourth-order valence-electron chi connectivity index (χ4n) is 5.25. The number of aromatic nitrogens is 1. The topological polar surface area (TPSA) is 41.0 Å². The number of hydrogen-bond acceptors (Lipinski definition) is 5. The number of likely N-dealkylation sites (tertiary alicyclic amines) is 1. The van der Waals surface area contributed by atoms with E-state index in [0.717, 1.165) is 74.1 Å². The summed E-state index contributed by atoms with van der Waals surface area (Å²) < 4.78 is 6.24. The first-order chi connectivity index (χ1) is 16.5. The van der Waals surface area contributed by atoms with Crippen molar-refractivity contribution >= 4 is 17.3 Å². The largest absolute Gasteiger partial charge is 0.493 e. The number of halogens is 1. The highest BCUT2D eigenvalue weighted by Crippen LogP contribution is 2.35. The molecule has 1 aromatic heterocycles. The SMILES string of the molecule is CN(C)Cc1c(OCC2CC2)ccc2c1CN=C2CCC1CCN(Cc2cc(Cl)ccn2)CC1. The van der Waals surface area contributed by atoms with Gasteiger partial charge in [-0.1, -0.05) is 11.6 Å². The molecule has 1 saturated carbocycles. The number of nitrogens with zero attached hydrogens (tertiary/aromatic N) is 4. The lowest BCUT2D eigenvalue weighted by Crippen LogP contribution is -2.33. The first kappa shape index (κ1) is 23.8. The molecular formula is C28H37ClN4O. The molecule has 0 unspecified atom stereocenters. The summed E-state index contributed by atoms with van der Waals surface area (Å²) in [5.41, 5.74) is 6.46. The lowest BCUT2D eigenvalue weighted by Gasteiger charge is -2.31. The Morgan fingerprint density at radius 3 is 2.65 bits per heavy atom. The number of pyridine rings is 1. The van der Waals surface area contributed by atoms with Crippen LogP contribution in [0.3, 0.4) is 0 Å². The zero-order valence-corrected chi connectivity index (χ0v) is 21.4. The normalized spacial score (nSPS) is 18.9. The smallest absolute Gasteiger partial charge is 0.124 e. The first-order valence-electron chi connectivity index (χ1n) is 12.8. The molecule has 0 spiro atoms. The lowest BCUT2D eigenvalue weighted by molar-refractivity contribution is 0.172. The van der Waals surface area contributed by atoms with E-state index >= 15 is 0 Å². The maximum Gasteiger partial charge on any atom is 0.124 e. The third-order valence-electron chi connectivity index (χ3n) is 7.43. The van der Waals surface area contributed by atoms with Crippen LogP contribution in [-0.2, 0) is 19.6 Å². The zero-order chi connectivity index (χ0) is 23.5. The van der Waals surface area contributed by atoms with Crippen molar-refractivity contribution in [3.8, 4) is 5.75 Å². The molecule has 2 aliphatic heterocycles. The molecule has 182 valence electrons. The Bertz CT molecular complexity index is 1030. The van der Waals surface area contributed by atoms with E-state index in [1.165, 1.54) is 54.5 Å². The summed E-state index contributed by atoms with van der Waals surface area (Å²) in [6, 6.07) is 8.29. The third kappa shape index (κ3) is 5.99. The molecule has 0 amide bonds. The predicted molar refractivity (Wildman–Crippen MR) is 139 cm³/mol. The number of benzene rings is 1. The van der Waals surface area contributed by atoms with Crippen molar-refractivity contribution in [1.29, 1.82) is 0 Å². The standard InChI is InChI=1S/C28H37ClN4O/c1-32(2)18-26-25-16-31-27(24(25)6-8-28(26)34-19-21-3-4-21)7-5-20-10-13-33(14-11-20)17-23-15-22(29)9-12-30-23/h6,8-9,12,15,20-21H,3-5,7,10-11,13-14,16-19H2,1-2H3. The van der Waals surface area contributed by atoms with Gasteiger partial charge in [-0.05, 0) is 107 Å². The van der Waals surface area contributed by atoms with Gasteiger partial charge in [-0.15, -0.1) is 0 Å². The van der Waals surface area contributed by atoms with E-state index in [9.17, 15) is 0 Å². The fourth-order valence-corrected chi connectivity index (χ4v) is 5.43. The molecule has 0 radical (unpaired) electrons. The van der Waals surface area contributed by atoms with Crippen molar-refractivity contribution in [2.45, 2.75) is 58.2 Å². The molecule has 5 nitrogen and oxygen atoms in total. The van der Waals surface area contributed by atoms with E-state index in [0.29, 0.717) is 0 Å². The van der Waals surface area contributed by atoms with Crippen molar-refractivity contribution in [1.82, 2.24) is 14.8 Å². The Labute approximate surface area is 209 Å². The van der Waals surface area contributed by atoms with Crippen molar-refractivity contribution in [3.05, 3.63) is 57.9 Å². The van der Waals surface area contributed by atoms with E-state index in [-0.39, 0.29) is 0 Å². The minimum absolute atomic E-state index is 0.764. The summed E-state index contributed by atoms with van der Waals surface area (Å²) in [5, 5.41) is 0.771. The average molecular weight is 481 g/mol. The van der Waals surface area contributed by atoms with Crippen molar-refractivity contribution in [2.75, 3.05) is 33.8 Å². The molecule has 1 aliphatic carbocycles. The number of rotatable bonds is 10. The average Bonchev–Trinajstić information content (AvgIpc) is 3.56. The van der Waals surface area contributed by atoms with E-state index in [1.807, 2.05) is 12.1 Å². The predicted octanol–water partition coefficient (Wildman–Crippen LogP) is 5.58. The van der Waals surface area contributed by atoms with Crippen LogP contribution in [0.2, 0.25) is 5.02 Å². The number of piperidine rings is 1. The van der Waals surface area contributed by atoms with Crippen LogP contribution in [0.15, 0.2) is 35.5 Å². The summed E-state index contributed by atoms with van der Waals surface area (Å²) in [6.07, 6.45) is 9.24.